The number of nitrogens with two attached hydrogens (primary N) is 1. The van der Waals surface area contributed by atoms with Crippen molar-refractivity contribution < 1.29 is 9.47 Å². The monoisotopic (exact) mass is 214 g/mol. The topological polar surface area (TPSA) is 47.7 Å². The van der Waals surface area contributed by atoms with Gasteiger partial charge in [0.1, 0.15) is 0 Å². The molecule has 2 N–H and O–H groups in total. The van der Waals surface area contributed by atoms with Crippen LogP contribution in [0, 0.1) is 0 Å². The minimum absolute atomic E-state index is 0.273. The van der Waals surface area contributed by atoms with E-state index in [9.17, 15) is 0 Å². The molecule has 0 spiro atoms. The van der Waals surface area contributed by atoms with E-state index < -0.39 is 0 Å². The molecular weight excluding hydrogens is 192 g/mol. The summed E-state index contributed by atoms with van der Waals surface area (Å²) < 4.78 is 11.2. The van der Waals surface area contributed by atoms with Gasteiger partial charge >= 0.3 is 0 Å². The molecule has 3 unspecified atom stereocenters. The van der Waals surface area contributed by atoms with Crippen LogP contribution in [0.25, 0.3) is 0 Å². The minimum Gasteiger partial charge on any atom is -0.380 e. The number of morpholine rings is 1. The maximum absolute atomic E-state index is 6.13. The molecule has 2 fully saturated rings. The standard InChI is InChI=1S/C11H22N2O2/c1-2-9-7-13(4-6-15-9)11-8-14-5-3-10(11)12/h9-11H,2-8,12H2,1H3. The van der Waals surface area contributed by atoms with Crippen molar-refractivity contribution in [3.05, 3.63) is 0 Å². The van der Waals surface area contributed by atoms with E-state index in [1.54, 1.807) is 0 Å². The van der Waals surface area contributed by atoms with Gasteiger partial charge in [0, 0.05) is 31.8 Å². The zero-order valence-corrected chi connectivity index (χ0v) is 9.52. The summed E-state index contributed by atoms with van der Waals surface area (Å²) in [5.74, 6) is 0. The molecule has 15 heavy (non-hydrogen) atoms. The van der Waals surface area contributed by atoms with Gasteiger partial charge in [0.05, 0.1) is 19.3 Å². The van der Waals surface area contributed by atoms with E-state index in [0.717, 1.165) is 45.8 Å². The summed E-state index contributed by atoms with van der Waals surface area (Å²) in [5, 5.41) is 0. The molecule has 3 atom stereocenters. The molecule has 0 bridgehead atoms. The van der Waals surface area contributed by atoms with E-state index in [1.165, 1.54) is 0 Å². The highest BCUT2D eigenvalue weighted by Crippen LogP contribution is 2.17. The van der Waals surface area contributed by atoms with Crippen molar-refractivity contribution in [3.8, 4) is 0 Å². The Labute approximate surface area is 91.7 Å². The molecule has 0 aromatic carbocycles. The van der Waals surface area contributed by atoms with Gasteiger partial charge in [-0.25, -0.2) is 0 Å². The molecule has 2 heterocycles. The highest BCUT2D eigenvalue weighted by atomic mass is 16.5. The van der Waals surface area contributed by atoms with Crippen molar-refractivity contribution in [1.82, 2.24) is 4.90 Å². The summed E-state index contributed by atoms with van der Waals surface area (Å²) >= 11 is 0. The smallest absolute Gasteiger partial charge is 0.0700 e. The summed E-state index contributed by atoms with van der Waals surface area (Å²) in [6.07, 6.45) is 2.45. The molecular formula is C11H22N2O2. The lowest BCUT2D eigenvalue weighted by atomic mass is 10.0. The highest BCUT2D eigenvalue weighted by molar-refractivity contribution is 4.87. The molecule has 4 nitrogen and oxygen atoms in total. The Bertz CT molecular complexity index is 201. The average Bonchev–Trinajstić information content (AvgIpc) is 2.30. The van der Waals surface area contributed by atoms with Gasteiger partial charge < -0.3 is 15.2 Å². The average molecular weight is 214 g/mol. The Kier molecular flexibility index (Phi) is 3.97. The van der Waals surface area contributed by atoms with E-state index in [0.29, 0.717) is 12.1 Å². The first-order chi connectivity index (χ1) is 7.31. The van der Waals surface area contributed by atoms with E-state index in [-0.39, 0.29) is 6.04 Å². The van der Waals surface area contributed by atoms with Crippen molar-refractivity contribution in [1.29, 1.82) is 0 Å². The van der Waals surface area contributed by atoms with Gasteiger partial charge in [-0.05, 0) is 12.8 Å². The molecule has 88 valence electrons. The predicted molar refractivity (Wildman–Crippen MR) is 58.8 cm³/mol. The summed E-state index contributed by atoms with van der Waals surface area (Å²) in [6, 6.07) is 0.672. The van der Waals surface area contributed by atoms with E-state index in [1.807, 2.05) is 0 Å². The van der Waals surface area contributed by atoms with Gasteiger partial charge in [-0.1, -0.05) is 6.92 Å². The van der Waals surface area contributed by atoms with Gasteiger partial charge in [-0.15, -0.1) is 0 Å². The summed E-state index contributed by atoms with van der Waals surface area (Å²) in [4.78, 5) is 2.45. The van der Waals surface area contributed by atoms with Crippen LogP contribution in [0.3, 0.4) is 0 Å². The normalized spacial score (nSPS) is 39.2. The fourth-order valence-corrected chi connectivity index (χ4v) is 2.41. The quantitative estimate of drug-likeness (QED) is 0.714. The molecule has 2 aliphatic heterocycles. The molecule has 2 saturated heterocycles. The van der Waals surface area contributed by atoms with Crippen LogP contribution in [0.1, 0.15) is 19.8 Å². The summed E-state index contributed by atoms with van der Waals surface area (Å²) in [7, 11) is 0. The maximum atomic E-state index is 6.13. The SMILES string of the molecule is CCC1CN(C2COCCC2N)CCO1. The second-order valence-electron chi connectivity index (χ2n) is 4.49. The third-order valence-electron chi connectivity index (χ3n) is 3.47. The van der Waals surface area contributed by atoms with Crippen LogP contribution in [0.15, 0.2) is 0 Å². The Balaban J connectivity index is 1.90. The van der Waals surface area contributed by atoms with Crippen LogP contribution in [-0.2, 0) is 9.47 Å². The number of hydrogen-bond donors (Lipinski definition) is 1. The lowest BCUT2D eigenvalue weighted by Crippen LogP contribution is -2.58. The molecule has 0 amide bonds. The van der Waals surface area contributed by atoms with Crippen LogP contribution < -0.4 is 5.73 Å². The highest BCUT2D eigenvalue weighted by Gasteiger charge is 2.31. The number of rotatable bonds is 2. The minimum atomic E-state index is 0.273. The van der Waals surface area contributed by atoms with Gasteiger partial charge in [0.2, 0.25) is 0 Å². The molecule has 0 aromatic rings. The van der Waals surface area contributed by atoms with Crippen LogP contribution in [0.2, 0.25) is 0 Å². The lowest BCUT2D eigenvalue weighted by Gasteiger charge is -2.42. The van der Waals surface area contributed by atoms with Crippen molar-refractivity contribution in [2.45, 2.75) is 38.0 Å². The summed E-state index contributed by atoms with van der Waals surface area (Å²) in [6.45, 7) is 6.63. The molecule has 0 aliphatic carbocycles. The van der Waals surface area contributed by atoms with Gasteiger partial charge in [0.25, 0.3) is 0 Å². The molecule has 0 radical (unpaired) electrons. The Morgan fingerprint density at radius 2 is 2.27 bits per heavy atom. The van der Waals surface area contributed by atoms with E-state index >= 15 is 0 Å². The van der Waals surface area contributed by atoms with Crippen LogP contribution >= 0.6 is 0 Å². The fourth-order valence-electron chi connectivity index (χ4n) is 2.41. The second-order valence-corrected chi connectivity index (χ2v) is 4.49. The van der Waals surface area contributed by atoms with Crippen LogP contribution in [-0.4, -0.2) is 56.0 Å². The molecule has 2 rings (SSSR count). The van der Waals surface area contributed by atoms with Crippen molar-refractivity contribution >= 4 is 0 Å². The fraction of sp³-hybridized carbons (Fsp3) is 1.00. The third-order valence-corrected chi connectivity index (χ3v) is 3.47. The van der Waals surface area contributed by atoms with Gasteiger partial charge in [-0.3, -0.25) is 4.90 Å². The Hall–Kier alpha value is -0.160. The zero-order chi connectivity index (χ0) is 10.7. The zero-order valence-electron chi connectivity index (χ0n) is 9.52. The number of ether oxygens (including phenoxy) is 2. The summed E-state index contributed by atoms with van der Waals surface area (Å²) in [5.41, 5.74) is 6.13. The Morgan fingerprint density at radius 3 is 3.00 bits per heavy atom. The Morgan fingerprint density at radius 1 is 1.40 bits per heavy atom. The van der Waals surface area contributed by atoms with E-state index in [2.05, 4.69) is 11.8 Å². The van der Waals surface area contributed by atoms with Crippen LogP contribution in [0.5, 0.6) is 0 Å². The lowest BCUT2D eigenvalue weighted by molar-refractivity contribution is -0.0744. The largest absolute Gasteiger partial charge is 0.380 e. The van der Waals surface area contributed by atoms with E-state index in [4.69, 9.17) is 15.2 Å². The second kappa shape index (κ2) is 5.25. The third kappa shape index (κ3) is 2.69. The first-order valence-electron chi connectivity index (χ1n) is 6.00. The van der Waals surface area contributed by atoms with Gasteiger partial charge in [0.15, 0.2) is 0 Å². The first kappa shape index (κ1) is 11.3. The van der Waals surface area contributed by atoms with Gasteiger partial charge in [-0.2, -0.15) is 0 Å². The van der Waals surface area contributed by atoms with Crippen LogP contribution in [0.4, 0.5) is 0 Å². The van der Waals surface area contributed by atoms with Crippen molar-refractivity contribution in [3.63, 3.8) is 0 Å². The number of nitrogens with zero attached hydrogens (tertiary/aromatic N) is 1. The van der Waals surface area contributed by atoms with Crippen molar-refractivity contribution in [2.75, 3.05) is 32.9 Å². The molecule has 0 saturated carbocycles. The van der Waals surface area contributed by atoms with Crippen molar-refractivity contribution in [2.24, 2.45) is 5.73 Å². The molecule has 0 aromatic heterocycles. The molecule has 2 aliphatic rings. The number of hydrogen-bond acceptors (Lipinski definition) is 4. The molecule has 4 heteroatoms. The first-order valence-corrected chi connectivity index (χ1v) is 6.00. The maximum Gasteiger partial charge on any atom is 0.0700 e. The predicted octanol–water partition coefficient (Wildman–Crippen LogP) is 0.213.